The van der Waals surface area contributed by atoms with Crippen molar-refractivity contribution in [1.82, 2.24) is 19.1 Å². The van der Waals surface area contributed by atoms with Crippen LogP contribution in [0.2, 0.25) is 0 Å². The van der Waals surface area contributed by atoms with Gasteiger partial charge in [0.05, 0.1) is 33.3 Å². The molecule has 13 aromatic rings. The van der Waals surface area contributed by atoms with Crippen molar-refractivity contribution < 1.29 is 4.42 Å². The number of rotatable bonds is 6. The fourth-order valence-electron chi connectivity index (χ4n) is 10.8. The summed E-state index contributed by atoms with van der Waals surface area (Å²) in [6, 6.07) is 70.0. The van der Waals surface area contributed by atoms with Crippen molar-refractivity contribution in [3.63, 3.8) is 0 Å². The first kappa shape index (κ1) is 37.6. The molecular weight excluding hydrogens is 817 g/mol. The maximum Gasteiger partial charge on any atom is 0.142 e. The first-order chi connectivity index (χ1) is 33.2. The lowest BCUT2D eigenvalue weighted by Crippen LogP contribution is -1.97. The van der Waals surface area contributed by atoms with Crippen LogP contribution in [0.25, 0.3) is 121 Å². The first-order valence-corrected chi connectivity index (χ1v) is 23.0. The maximum atomic E-state index is 6.81. The summed E-state index contributed by atoms with van der Waals surface area (Å²) in [4.78, 5) is 9.60. The third-order valence-electron chi connectivity index (χ3n) is 13.9. The van der Waals surface area contributed by atoms with Crippen LogP contribution in [0.3, 0.4) is 0 Å². The standard InChI is InChI=1S/C62H40N4O/c1-3-13-39(14-4-1)50-37-56(64-55-31-32-63-38-54(50)55)43-16-11-15-42(33-43)46-21-12-22-49-53-36-45(27-30-61(53)67-62(46)49)66-58-24-10-8-20-48(58)52-35-41(26-29-60(52)66)40-25-28-59-51(34-40)47-19-7-9-23-57(47)65(59)44-17-5-2-6-18-44/h1-10,12-14,16-38H,11,15H2. The van der Waals surface area contributed by atoms with E-state index < -0.39 is 0 Å². The van der Waals surface area contributed by atoms with Gasteiger partial charge in [-0.2, -0.15) is 0 Å². The maximum absolute atomic E-state index is 6.81. The van der Waals surface area contributed by atoms with Gasteiger partial charge in [-0.3, -0.25) is 4.98 Å². The Bertz CT molecular complexity index is 4210. The predicted octanol–water partition coefficient (Wildman–Crippen LogP) is 16.3. The zero-order valence-electron chi connectivity index (χ0n) is 36.4. The molecule has 0 atom stereocenters. The molecule has 0 fully saturated rings. The van der Waals surface area contributed by atoms with E-state index in [1.54, 1.807) is 0 Å². The van der Waals surface area contributed by atoms with Crippen LogP contribution in [-0.4, -0.2) is 19.1 Å². The molecule has 5 aromatic heterocycles. The highest BCUT2D eigenvalue weighted by molar-refractivity contribution is 6.14. The lowest BCUT2D eigenvalue weighted by Gasteiger charge is -2.16. The van der Waals surface area contributed by atoms with E-state index in [4.69, 9.17) is 9.40 Å². The van der Waals surface area contributed by atoms with Crippen molar-refractivity contribution in [2.45, 2.75) is 12.8 Å². The second-order valence-electron chi connectivity index (χ2n) is 17.7. The summed E-state index contributed by atoms with van der Waals surface area (Å²) < 4.78 is 11.6. The lowest BCUT2D eigenvalue weighted by molar-refractivity contribution is 0.667. The van der Waals surface area contributed by atoms with Crippen molar-refractivity contribution in [3.05, 3.63) is 230 Å². The van der Waals surface area contributed by atoms with Crippen LogP contribution in [0.4, 0.5) is 0 Å². The molecule has 0 saturated carbocycles. The molecule has 8 aromatic carbocycles. The molecule has 0 spiro atoms. The van der Waals surface area contributed by atoms with Gasteiger partial charge in [-0.25, -0.2) is 4.98 Å². The number of pyridine rings is 2. The molecule has 0 radical (unpaired) electrons. The largest absolute Gasteiger partial charge is 0.455 e. The van der Waals surface area contributed by atoms with Gasteiger partial charge in [0, 0.05) is 67.0 Å². The number of allylic oxidation sites excluding steroid dienone is 4. The minimum absolute atomic E-state index is 0.878. The van der Waals surface area contributed by atoms with Crippen molar-refractivity contribution in [2.75, 3.05) is 0 Å². The molecule has 67 heavy (non-hydrogen) atoms. The molecule has 5 nitrogen and oxygen atoms in total. The third-order valence-corrected chi connectivity index (χ3v) is 13.9. The molecule has 1 aliphatic carbocycles. The van der Waals surface area contributed by atoms with Gasteiger partial charge < -0.3 is 13.6 Å². The minimum atomic E-state index is 0.878. The molecule has 314 valence electrons. The molecule has 0 N–H and O–H groups in total. The fraction of sp³-hybridized carbons (Fsp3) is 0.0323. The Morgan fingerprint density at radius 1 is 0.448 bits per heavy atom. The van der Waals surface area contributed by atoms with E-state index in [1.165, 1.54) is 60.3 Å². The van der Waals surface area contributed by atoms with Crippen LogP contribution in [0.5, 0.6) is 0 Å². The second-order valence-corrected chi connectivity index (χ2v) is 17.7. The van der Waals surface area contributed by atoms with E-state index in [0.29, 0.717) is 0 Å². The Labute approximate surface area is 385 Å². The molecule has 1 aliphatic rings. The number of furan rings is 1. The van der Waals surface area contributed by atoms with E-state index in [0.717, 1.165) is 85.0 Å². The molecular formula is C62H40N4O. The lowest BCUT2D eigenvalue weighted by atomic mass is 9.90. The van der Waals surface area contributed by atoms with Gasteiger partial charge in [0.2, 0.25) is 0 Å². The Morgan fingerprint density at radius 3 is 1.85 bits per heavy atom. The number of hydrogen-bond donors (Lipinski definition) is 0. The minimum Gasteiger partial charge on any atom is -0.455 e. The van der Waals surface area contributed by atoms with Crippen molar-refractivity contribution in [3.8, 4) is 33.6 Å². The Hall–Kier alpha value is -8.80. The summed E-state index contributed by atoms with van der Waals surface area (Å²) in [5.41, 5.74) is 18.9. The highest BCUT2D eigenvalue weighted by Crippen LogP contribution is 2.42. The summed E-state index contributed by atoms with van der Waals surface area (Å²) in [7, 11) is 0. The fourth-order valence-corrected chi connectivity index (χ4v) is 10.8. The topological polar surface area (TPSA) is 48.8 Å². The van der Waals surface area contributed by atoms with Gasteiger partial charge in [0.25, 0.3) is 0 Å². The normalized spacial score (nSPS) is 13.1. The van der Waals surface area contributed by atoms with Crippen LogP contribution < -0.4 is 0 Å². The zero-order chi connectivity index (χ0) is 44.0. The summed E-state index contributed by atoms with van der Waals surface area (Å²) in [6.07, 6.45) is 10.2. The van der Waals surface area contributed by atoms with Gasteiger partial charge in [0.1, 0.15) is 11.2 Å². The quantitative estimate of drug-likeness (QED) is 0.167. The monoisotopic (exact) mass is 856 g/mol. The van der Waals surface area contributed by atoms with Crippen LogP contribution in [-0.2, 0) is 0 Å². The Kier molecular flexibility index (Phi) is 8.34. The third kappa shape index (κ3) is 5.95. The number of aromatic nitrogens is 4. The van der Waals surface area contributed by atoms with Gasteiger partial charge >= 0.3 is 0 Å². The molecule has 0 aliphatic heterocycles. The van der Waals surface area contributed by atoms with Crippen molar-refractivity contribution in [1.29, 1.82) is 0 Å². The summed E-state index contributed by atoms with van der Waals surface area (Å²) in [5.74, 6) is 0. The van der Waals surface area contributed by atoms with Crippen LogP contribution in [0.1, 0.15) is 24.1 Å². The van der Waals surface area contributed by atoms with E-state index >= 15 is 0 Å². The zero-order valence-corrected chi connectivity index (χ0v) is 36.4. The van der Waals surface area contributed by atoms with E-state index in [9.17, 15) is 0 Å². The summed E-state index contributed by atoms with van der Waals surface area (Å²) in [5, 5.41) is 8.21. The molecule has 0 amide bonds. The van der Waals surface area contributed by atoms with Crippen LogP contribution >= 0.6 is 0 Å². The Morgan fingerprint density at radius 2 is 1.10 bits per heavy atom. The average Bonchev–Trinajstić information content (AvgIpc) is 4.06. The summed E-state index contributed by atoms with van der Waals surface area (Å²) in [6.45, 7) is 0. The number of para-hydroxylation sites is 4. The van der Waals surface area contributed by atoms with E-state index in [1.807, 2.05) is 18.5 Å². The van der Waals surface area contributed by atoms with Gasteiger partial charge in [-0.05, 0) is 131 Å². The number of benzene rings is 8. The molecule has 5 heteroatoms. The highest BCUT2D eigenvalue weighted by atomic mass is 16.3. The predicted molar refractivity (Wildman–Crippen MR) is 278 cm³/mol. The van der Waals surface area contributed by atoms with Crippen molar-refractivity contribution >= 4 is 87.6 Å². The molecule has 0 saturated heterocycles. The molecule has 0 unspecified atom stereocenters. The van der Waals surface area contributed by atoms with Crippen molar-refractivity contribution in [2.24, 2.45) is 0 Å². The summed E-state index contributed by atoms with van der Waals surface area (Å²) >= 11 is 0. The molecule has 14 rings (SSSR count). The first-order valence-electron chi connectivity index (χ1n) is 23.0. The van der Waals surface area contributed by atoms with Crippen LogP contribution in [0.15, 0.2) is 223 Å². The number of hydrogen-bond acceptors (Lipinski definition) is 3. The van der Waals surface area contributed by atoms with Crippen LogP contribution in [0, 0.1) is 0 Å². The van der Waals surface area contributed by atoms with E-state index in [2.05, 4.69) is 214 Å². The smallest absolute Gasteiger partial charge is 0.142 e. The highest BCUT2D eigenvalue weighted by Gasteiger charge is 2.21. The number of fused-ring (bicyclic) bond motifs is 10. The molecule has 0 bridgehead atoms. The average molecular weight is 857 g/mol. The van der Waals surface area contributed by atoms with Gasteiger partial charge in [-0.15, -0.1) is 0 Å². The van der Waals surface area contributed by atoms with Gasteiger partial charge in [-0.1, -0.05) is 121 Å². The number of nitrogens with zero attached hydrogens (tertiary/aromatic N) is 4. The SMILES string of the molecule is C1=C(c2cc(-c3ccccc3)c3cnccc3n2)C=C(c2cccc3c2oc2ccc(-n4c5ccccc5c5cc(-c6ccc7c(c6)c6ccccc6n7-c6ccccc6)ccc54)cc23)CC1. The molecule has 5 heterocycles. The second kappa shape index (κ2) is 14.9. The van der Waals surface area contributed by atoms with E-state index in [-0.39, 0.29) is 0 Å². The van der Waals surface area contributed by atoms with Gasteiger partial charge in [0.15, 0.2) is 0 Å². The Balaban J connectivity index is 0.858.